The highest BCUT2D eigenvalue weighted by molar-refractivity contribution is 5.66. The van der Waals surface area contributed by atoms with Crippen molar-refractivity contribution < 1.29 is 14.6 Å². The summed E-state index contributed by atoms with van der Waals surface area (Å²) in [6.45, 7) is 0.301. The fraction of sp³-hybridized carbons (Fsp3) is 0.300. The molecule has 0 atom stereocenters. The number of carboxylic acids is 1. The van der Waals surface area contributed by atoms with E-state index < -0.39 is 5.97 Å². The molecule has 0 radical (unpaired) electrons. The van der Waals surface area contributed by atoms with E-state index in [1.807, 2.05) is 36.4 Å². The summed E-state index contributed by atoms with van der Waals surface area (Å²) < 4.78 is 4.47. The van der Waals surface area contributed by atoms with Gasteiger partial charge in [-0.3, -0.25) is 4.79 Å². The summed E-state index contributed by atoms with van der Waals surface area (Å²) in [5.41, 5.74) is 0. The largest absolute Gasteiger partial charge is 0.481 e. The van der Waals surface area contributed by atoms with Gasteiger partial charge in [0.05, 0.1) is 13.0 Å². The summed E-state index contributed by atoms with van der Waals surface area (Å²) in [6.07, 6.45) is 0.0938. The van der Waals surface area contributed by atoms with Crippen molar-refractivity contribution in [1.82, 2.24) is 0 Å². The molecule has 1 rings (SSSR count). The van der Waals surface area contributed by atoms with E-state index in [4.69, 9.17) is 5.11 Å². The molecule has 1 N–H and O–H groups in total. The molecule has 0 amide bonds. The van der Waals surface area contributed by atoms with Gasteiger partial charge in [-0.2, -0.15) is 0 Å². The summed E-state index contributed by atoms with van der Waals surface area (Å²) >= 11 is 0. The third kappa shape index (κ3) is 10.7. The molecule has 3 nitrogen and oxygen atoms in total. The molecule has 0 aromatic heterocycles. The minimum Gasteiger partial charge on any atom is -0.481 e. The predicted octanol–water partition coefficient (Wildman–Crippen LogP) is 1.79. The molecule has 1 aromatic rings. The van der Waals surface area contributed by atoms with Crippen molar-refractivity contribution in [3.8, 4) is 0 Å². The van der Waals surface area contributed by atoms with E-state index in [1.54, 1.807) is 0 Å². The summed E-state index contributed by atoms with van der Waals surface area (Å²) in [7, 11) is 1.48. The van der Waals surface area contributed by atoms with Crippen LogP contribution in [0, 0.1) is 0 Å². The minimum atomic E-state index is -0.818. The van der Waals surface area contributed by atoms with Crippen molar-refractivity contribution >= 4 is 5.97 Å². The van der Waals surface area contributed by atoms with Crippen LogP contribution in [0.25, 0.3) is 0 Å². The number of carbonyl (C=O) groups is 1. The zero-order chi connectivity index (χ0) is 9.94. The molecule has 13 heavy (non-hydrogen) atoms. The Kier molecular flexibility index (Phi) is 7.84. The van der Waals surface area contributed by atoms with Crippen LogP contribution in [0.15, 0.2) is 36.4 Å². The second-order valence-corrected chi connectivity index (χ2v) is 2.29. The van der Waals surface area contributed by atoms with Gasteiger partial charge in [0.15, 0.2) is 0 Å². The second-order valence-electron chi connectivity index (χ2n) is 2.29. The molecular weight excluding hydrogens is 168 g/mol. The van der Waals surface area contributed by atoms with Gasteiger partial charge >= 0.3 is 5.97 Å². The molecule has 0 fully saturated rings. The Morgan fingerprint density at radius 2 is 1.54 bits per heavy atom. The van der Waals surface area contributed by atoms with Crippen LogP contribution in [0.3, 0.4) is 0 Å². The van der Waals surface area contributed by atoms with E-state index in [-0.39, 0.29) is 6.42 Å². The number of ether oxygens (including phenoxy) is 1. The average molecular weight is 182 g/mol. The van der Waals surface area contributed by atoms with Crippen LogP contribution in [-0.4, -0.2) is 24.8 Å². The predicted molar refractivity (Wildman–Crippen MR) is 50.6 cm³/mol. The van der Waals surface area contributed by atoms with Gasteiger partial charge < -0.3 is 9.84 Å². The van der Waals surface area contributed by atoms with E-state index in [9.17, 15) is 4.79 Å². The summed E-state index contributed by atoms with van der Waals surface area (Å²) in [4.78, 5) is 9.68. The standard InChI is InChI=1S/C6H6.C4H8O3/c1-2-4-6-5-3-1;1-7-3-2-4(5)6/h1-6H;2-3H2,1H3,(H,5,6). The number of carboxylic acid groups (broad SMARTS) is 1. The molecule has 3 heteroatoms. The number of methoxy groups -OCH3 is 1. The maximum Gasteiger partial charge on any atom is 0.305 e. The topological polar surface area (TPSA) is 46.5 Å². The molecule has 0 aliphatic heterocycles. The molecule has 0 aliphatic carbocycles. The van der Waals surface area contributed by atoms with Gasteiger partial charge in [-0.1, -0.05) is 36.4 Å². The average Bonchev–Trinajstić information content (AvgIpc) is 2.18. The van der Waals surface area contributed by atoms with Crippen LogP contribution in [0.5, 0.6) is 0 Å². The Bertz CT molecular complexity index is 182. The molecule has 0 saturated carbocycles. The fourth-order valence-corrected chi connectivity index (χ4v) is 0.574. The number of hydrogen-bond acceptors (Lipinski definition) is 2. The zero-order valence-electron chi connectivity index (χ0n) is 7.64. The van der Waals surface area contributed by atoms with Gasteiger partial charge in [-0.15, -0.1) is 0 Å². The van der Waals surface area contributed by atoms with Crippen LogP contribution in [0.4, 0.5) is 0 Å². The SMILES string of the molecule is COCCC(=O)O.c1ccccc1. The van der Waals surface area contributed by atoms with Gasteiger partial charge in [0.25, 0.3) is 0 Å². The van der Waals surface area contributed by atoms with E-state index in [0.29, 0.717) is 6.61 Å². The molecule has 0 aliphatic rings. The Morgan fingerprint density at radius 1 is 1.15 bits per heavy atom. The number of aliphatic carboxylic acids is 1. The minimum absolute atomic E-state index is 0.0938. The molecule has 0 spiro atoms. The highest BCUT2D eigenvalue weighted by Gasteiger charge is 1.91. The lowest BCUT2D eigenvalue weighted by atomic mass is 10.4. The molecule has 0 saturated heterocycles. The van der Waals surface area contributed by atoms with Crippen LogP contribution in [-0.2, 0) is 9.53 Å². The Morgan fingerprint density at radius 3 is 1.69 bits per heavy atom. The summed E-state index contributed by atoms with van der Waals surface area (Å²) in [6, 6.07) is 12.0. The Hall–Kier alpha value is -1.35. The quantitative estimate of drug-likeness (QED) is 0.775. The lowest BCUT2D eigenvalue weighted by Gasteiger charge is -1.88. The molecule has 0 unspecified atom stereocenters. The molecule has 0 heterocycles. The molecular formula is C10H14O3. The number of hydrogen-bond donors (Lipinski definition) is 1. The van der Waals surface area contributed by atoms with Crippen molar-refractivity contribution in [2.75, 3.05) is 13.7 Å². The Labute approximate surface area is 78.0 Å². The zero-order valence-corrected chi connectivity index (χ0v) is 7.64. The monoisotopic (exact) mass is 182 g/mol. The van der Waals surface area contributed by atoms with Crippen molar-refractivity contribution in [2.24, 2.45) is 0 Å². The van der Waals surface area contributed by atoms with Gasteiger partial charge in [-0.25, -0.2) is 0 Å². The normalized spacial score (nSPS) is 8.38. The Balaban J connectivity index is 0.000000223. The van der Waals surface area contributed by atoms with Crippen LogP contribution < -0.4 is 0 Å². The first-order valence-corrected chi connectivity index (χ1v) is 3.98. The van der Waals surface area contributed by atoms with E-state index in [0.717, 1.165) is 0 Å². The van der Waals surface area contributed by atoms with Crippen LogP contribution in [0.1, 0.15) is 6.42 Å². The highest BCUT2D eigenvalue weighted by atomic mass is 16.5. The first-order chi connectivity index (χ1) is 6.27. The van der Waals surface area contributed by atoms with Gasteiger partial charge in [0.1, 0.15) is 0 Å². The molecule has 0 bridgehead atoms. The van der Waals surface area contributed by atoms with Crippen molar-refractivity contribution in [2.45, 2.75) is 6.42 Å². The maximum atomic E-state index is 9.68. The molecule has 1 aromatic carbocycles. The van der Waals surface area contributed by atoms with Crippen molar-refractivity contribution in [3.05, 3.63) is 36.4 Å². The summed E-state index contributed by atoms with van der Waals surface area (Å²) in [5.74, 6) is -0.818. The van der Waals surface area contributed by atoms with Crippen molar-refractivity contribution in [3.63, 3.8) is 0 Å². The smallest absolute Gasteiger partial charge is 0.305 e. The highest BCUT2D eigenvalue weighted by Crippen LogP contribution is 1.80. The van der Waals surface area contributed by atoms with Gasteiger partial charge in [0, 0.05) is 7.11 Å². The third-order valence-corrected chi connectivity index (χ3v) is 1.19. The summed E-state index contributed by atoms with van der Waals surface area (Å²) in [5, 5.41) is 7.96. The number of benzene rings is 1. The number of rotatable bonds is 3. The second kappa shape index (κ2) is 8.74. The van der Waals surface area contributed by atoms with Crippen molar-refractivity contribution in [1.29, 1.82) is 0 Å². The van der Waals surface area contributed by atoms with Crippen LogP contribution >= 0.6 is 0 Å². The first kappa shape index (κ1) is 11.6. The lowest BCUT2D eigenvalue weighted by Crippen LogP contribution is -1.99. The van der Waals surface area contributed by atoms with E-state index in [2.05, 4.69) is 4.74 Å². The molecule has 72 valence electrons. The maximum absolute atomic E-state index is 9.68. The van der Waals surface area contributed by atoms with E-state index >= 15 is 0 Å². The van der Waals surface area contributed by atoms with E-state index in [1.165, 1.54) is 7.11 Å². The van der Waals surface area contributed by atoms with Crippen LogP contribution in [0.2, 0.25) is 0 Å². The lowest BCUT2D eigenvalue weighted by molar-refractivity contribution is -0.137. The third-order valence-electron chi connectivity index (χ3n) is 1.19. The van der Waals surface area contributed by atoms with Gasteiger partial charge in [-0.05, 0) is 0 Å². The fourth-order valence-electron chi connectivity index (χ4n) is 0.574. The first-order valence-electron chi connectivity index (χ1n) is 3.98. The van der Waals surface area contributed by atoms with Gasteiger partial charge in [0.2, 0.25) is 0 Å².